The standard InChI is InChI=1S/C19H18ClN5O2S2/c1-3-24-17(12(2)27-15-7-5-4-6-14(15)20)22-23-19(24)29-11-13-10-16(26)25-8-9-28-18(25)21-13/h4-10,12H,3,11H2,1-2H3. The van der Waals surface area contributed by atoms with Crippen LogP contribution in [0.4, 0.5) is 0 Å². The van der Waals surface area contributed by atoms with Gasteiger partial charge in [0.2, 0.25) is 0 Å². The first-order valence-corrected chi connectivity index (χ1v) is 11.2. The Morgan fingerprint density at radius 3 is 2.93 bits per heavy atom. The molecule has 0 saturated heterocycles. The molecule has 0 spiro atoms. The van der Waals surface area contributed by atoms with E-state index >= 15 is 0 Å². The van der Waals surface area contributed by atoms with Crippen molar-refractivity contribution in [2.45, 2.75) is 37.4 Å². The minimum Gasteiger partial charge on any atom is -0.481 e. The molecule has 150 valence electrons. The van der Waals surface area contributed by atoms with Gasteiger partial charge >= 0.3 is 0 Å². The molecular weight excluding hydrogens is 430 g/mol. The van der Waals surface area contributed by atoms with E-state index in [1.165, 1.54) is 23.1 Å². The molecule has 1 aromatic carbocycles. The summed E-state index contributed by atoms with van der Waals surface area (Å²) in [4.78, 5) is 17.4. The van der Waals surface area contributed by atoms with Crippen molar-refractivity contribution in [1.82, 2.24) is 24.1 Å². The van der Waals surface area contributed by atoms with Crippen molar-refractivity contribution in [3.8, 4) is 5.75 Å². The van der Waals surface area contributed by atoms with Gasteiger partial charge in [0.15, 0.2) is 22.0 Å². The van der Waals surface area contributed by atoms with Crippen molar-refractivity contribution in [1.29, 1.82) is 0 Å². The van der Waals surface area contributed by atoms with E-state index in [2.05, 4.69) is 15.2 Å². The molecule has 29 heavy (non-hydrogen) atoms. The first-order chi connectivity index (χ1) is 14.1. The van der Waals surface area contributed by atoms with Crippen LogP contribution in [0.25, 0.3) is 4.96 Å². The Bertz CT molecular complexity index is 1200. The number of thiazole rings is 1. The number of rotatable bonds is 7. The maximum atomic E-state index is 12.1. The summed E-state index contributed by atoms with van der Waals surface area (Å²) in [7, 11) is 0. The third kappa shape index (κ3) is 4.17. The number of hydrogen-bond acceptors (Lipinski definition) is 7. The summed E-state index contributed by atoms with van der Waals surface area (Å²) in [6, 6.07) is 8.90. The highest BCUT2D eigenvalue weighted by Crippen LogP contribution is 2.30. The minimum absolute atomic E-state index is 0.0775. The lowest BCUT2D eigenvalue weighted by Crippen LogP contribution is -2.13. The van der Waals surface area contributed by atoms with Crippen LogP contribution in [0.1, 0.15) is 31.5 Å². The van der Waals surface area contributed by atoms with Gasteiger partial charge in [-0.3, -0.25) is 9.20 Å². The Morgan fingerprint density at radius 1 is 1.31 bits per heavy atom. The molecule has 0 amide bonds. The molecule has 1 atom stereocenters. The Hall–Kier alpha value is -2.36. The lowest BCUT2D eigenvalue weighted by Gasteiger charge is -2.16. The van der Waals surface area contributed by atoms with Crippen LogP contribution >= 0.6 is 34.7 Å². The van der Waals surface area contributed by atoms with Crippen LogP contribution in [0, 0.1) is 0 Å². The van der Waals surface area contributed by atoms with Gasteiger partial charge in [-0.1, -0.05) is 35.5 Å². The van der Waals surface area contributed by atoms with Gasteiger partial charge in [-0.05, 0) is 26.0 Å². The molecular formula is C19H18ClN5O2S2. The summed E-state index contributed by atoms with van der Waals surface area (Å²) in [6.45, 7) is 4.64. The van der Waals surface area contributed by atoms with E-state index in [4.69, 9.17) is 16.3 Å². The predicted octanol–water partition coefficient (Wildman–Crippen LogP) is 4.45. The van der Waals surface area contributed by atoms with Crippen LogP contribution in [0.3, 0.4) is 0 Å². The molecule has 0 N–H and O–H groups in total. The monoisotopic (exact) mass is 447 g/mol. The molecule has 0 aliphatic heterocycles. The second-order valence-electron chi connectivity index (χ2n) is 6.21. The van der Waals surface area contributed by atoms with Gasteiger partial charge in [-0.2, -0.15) is 0 Å². The largest absolute Gasteiger partial charge is 0.481 e. The number of hydrogen-bond donors (Lipinski definition) is 0. The Balaban J connectivity index is 1.52. The first kappa shape index (κ1) is 19.9. The fourth-order valence-corrected chi connectivity index (χ4v) is 4.71. The average molecular weight is 448 g/mol. The van der Waals surface area contributed by atoms with E-state index in [0.717, 1.165) is 16.7 Å². The molecule has 7 nitrogen and oxygen atoms in total. The SMILES string of the molecule is CCn1c(SCc2cc(=O)n3ccsc3n2)nnc1C(C)Oc1ccccc1Cl. The summed E-state index contributed by atoms with van der Waals surface area (Å²) in [5.41, 5.74) is 0.640. The summed E-state index contributed by atoms with van der Waals surface area (Å²) in [5.74, 6) is 1.86. The van der Waals surface area contributed by atoms with Gasteiger partial charge in [-0.25, -0.2) is 4.98 Å². The maximum Gasteiger partial charge on any atom is 0.258 e. The Labute approximate surface area is 180 Å². The highest BCUT2D eigenvalue weighted by atomic mass is 35.5. The van der Waals surface area contributed by atoms with E-state index in [1.807, 2.05) is 42.0 Å². The fourth-order valence-electron chi connectivity index (χ4n) is 2.89. The van der Waals surface area contributed by atoms with Crippen LogP contribution in [0.5, 0.6) is 5.75 Å². The van der Waals surface area contributed by atoms with Crippen molar-refractivity contribution < 1.29 is 4.74 Å². The van der Waals surface area contributed by atoms with Crippen molar-refractivity contribution in [3.63, 3.8) is 0 Å². The minimum atomic E-state index is -0.318. The molecule has 10 heteroatoms. The van der Waals surface area contributed by atoms with E-state index < -0.39 is 0 Å². The number of ether oxygens (including phenoxy) is 1. The molecule has 3 aromatic heterocycles. The van der Waals surface area contributed by atoms with Gasteiger partial charge in [0, 0.05) is 29.9 Å². The topological polar surface area (TPSA) is 74.3 Å². The number of benzene rings is 1. The van der Waals surface area contributed by atoms with Gasteiger partial charge < -0.3 is 9.30 Å². The summed E-state index contributed by atoms with van der Waals surface area (Å²) < 4.78 is 9.53. The van der Waals surface area contributed by atoms with Gasteiger partial charge in [0.25, 0.3) is 5.56 Å². The molecule has 0 bridgehead atoms. The molecule has 0 radical (unpaired) electrons. The zero-order valence-electron chi connectivity index (χ0n) is 15.8. The number of aromatic nitrogens is 5. The smallest absolute Gasteiger partial charge is 0.258 e. The molecule has 0 aliphatic rings. The van der Waals surface area contributed by atoms with Crippen molar-refractivity contribution in [2.75, 3.05) is 0 Å². The first-order valence-electron chi connectivity index (χ1n) is 8.99. The van der Waals surface area contributed by atoms with Crippen LogP contribution in [-0.2, 0) is 12.3 Å². The van der Waals surface area contributed by atoms with E-state index in [0.29, 0.717) is 28.0 Å². The van der Waals surface area contributed by atoms with Gasteiger partial charge in [0.1, 0.15) is 5.75 Å². The van der Waals surface area contributed by atoms with Gasteiger partial charge in [0.05, 0.1) is 10.7 Å². The molecule has 4 aromatic rings. The fraction of sp³-hybridized carbons (Fsp3) is 0.263. The predicted molar refractivity (Wildman–Crippen MR) is 115 cm³/mol. The van der Waals surface area contributed by atoms with Gasteiger partial charge in [-0.15, -0.1) is 21.5 Å². The van der Waals surface area contributed by atoms with Crippen LogP contribution in [-0.4, -0.2) is 24.1 Å². The Morgan fingerprint density at radius 2 is 2.14 bits per heavy atom. The van der Waals surface area contributed by atoms with Crippen LogP contribution in [0.15, 0.2) is 51.9 Å². The van der Waals surface area contributed by atoms with E-state index in [-0.39, 0.29) is 11.7 Å². The number of fused-ring (bicyclic) bond motifs is 1. The third-order valence-electron chi connectivity index (χ3n) is 4.27. The second kappa shape index (κ2) is 8.56. The third-order valence-corrected chi connectivity index (χ3v) is 6.34. The highest BCUT2D eigenvalue weighted by molar-refractivity contribution is 7.98. The normalized spacial score (nSPS) is 12.4. The number of para-hydroxylation sites is 1. The average Bonchev–Trinajstić information content (AvgIpc) is 3.34. The molecule has 4 rings (SSSR count). The molecule has 0 aliphatic carbocycles. The number of nitrogens with zero attached hydrogens (tertiary/aromatic N) is 5. The molecule has 1 unspecified atom stereocenters. The van der Waals surface area contributed by atoms with Crippen molar-refractivity contribution >= 4 is 39.7 Å². The van der Waals surface area contributed by atoms with Crippen LogP contribution in [0.2, 0.25) is 5.02 Å². The molecule has 0 saturated carbocycles. The molecule has 3 heterocycles. The van der Waals surface area contributed by atoms with Crippen molar-refractivity contribution in [2.24, 2.45) is 0 Å². The van der Waals surface area contributed by atoms with E-state index in [9.17, 15) is 4.79 Å². The maximum absolute atomic E-state index is 12.1. The molecule has 0 fully saturated rings. The zero-order chi connectivity index (χ0) is 20.4. The quantitative estimate of drug-likeness (QED) is 0.389. The number of halogens is 1. The highest BCUT2D eigenvalue weighted by Gasteiger charge is 2.20. The number of thioether (sulfide) groups is 1. The van der Waals surface area contributed by atoms with Crippen molar-refractivity contribution in [3.05, 3.63) is 68.8 Å². The summed E-state index contributed by atoms with van der Waals surface area (Å²) in [5, 5.41) is 11.8. The Kier molecular flexibility index (Phi) is 5.89. The van der Waals surface area contributed by atoms with E-state index in [1.54, 1.807) is 22.7 Å². The summed E-state index contributed by atoms with van der Waals surface area (Å²) >= 11 is 9.12. The second-order valence-corrected chi connectivity index (χ2v) is 8.43. The lowest BCUT2D eigenvalue weighted by molar-refractivity contribution is 0.210. The van der Waals surface area contributed by atoms with Crippen LogP contribution < -0.4 is 10.3 Å². The zero-order valence-corrected chi connectivity index (χ0v) is 18.2. The summed E-state index contributed by atoms with van der Waals surface area (Å²) in [6.07, 6.45) is 1.41. The lowest BCUT2D eigenvalue weighted by atomic mass is 10.3.